The highest BCUT2D eigenvalue weighted by atomic mass is 35.5. The van der Waals surface area contributed by atoms with Crippen LogP contribution in [0.4, 0.5) is 24.5 Å². The Morgan fingerprint density at radius 3 is 2.58 bits per heavy atom. The normalized spacial score (nSPS) is 14.8. The first-order chi connectivity index (χ1) is 17.9. The molecule has 0 radical (unpaired) electrons. The maximum Gasteiger partial charge on any atom is 0.416 e. The van der Waals surface area contributed by atoms with Crippen molar-refractivity contribution >= 4 is 69.2 Å². The minimum Gasteiger partial charge on any atom is -0.482 e. The number of ether oxygens (including phenoxy) is 1. The molecule has 0 spiro atoms. The predicted octanol–water partition coefficient (Wildman–Crippen LogP) is 7.40. The summed E-state index contributed by atoms with van der Waals surface area (Å²) in [7, 11) is 0. The van der Waals surface area contributed by atoms with Gasteiger partial charge in [-0.25, -0.2) is 0 Å². The van der Waals surface area contributed by atoms with Crippen LogP contribution in [0.15, 0.2) is 65.6 Å². The molecule has 11 heteroatoms. The lowest BCUT2D eigenvalue weighted by atomic mass is 10.1. The third kappa shape index (κ3) is 6.38. The summed E-state index contributed by atoms with van der Waals surface area (Å²) in [6.07, 6.45) is -3.01. The maximum absolute atomic E-state index is 13.1. The Bertz CT molecular complexity index is 1470. The van der Waals surface area contributed by atoms with Crippen LogP contribution < -0.4 is 15.0 Å². The van der Waals surface area contributed by atoms with E-state index in [9.17, 15) is 22.8 Å². The second-order valence-corrected chi connectivity index (χ2v) is 10.5. The van der Waals surface area contributed by atoms with E-state index >= 15 is 0 Å². The Morgan fingerprint density at radius 1 is 1.13 bits per heavy atom. The highest BCUT2D eigenvalue weighted by molar-refractivity contribution is 8.27. The molecule has 38 heavy (non-hydrogen) atoms. The Balaban J connectivity index is 1.44. The van der Waals surface area contributed by atoms with Gasteiger partial charge in [0.25, 0.3) is 11.8 Å². The van der Waals surface area contributed by atoms with Gasteiger partial charge in [0.05, 0.1) is 21.2 Å². The van der Waals surface area contributed by atoms with Crippen molar-refractivity contribution in [3.8, 4) is 5.75 Å². The van der Waals surface area contributed by atoms with E-state index in [1.165, 1.54) is 18.2 Å². The summed E-state index contributed by atoms with van der Waals surface area (Å²) in [5.74, 6) is -0.620. The first-order valence-corrected chi connectivity index (χ1v) is 12.8. The molecule has 1 aliphatic rings. The molecule has 0 unspecified atom stereocenters. The number of hydrogen-bond acceptors (Lipinski definition) is 5. The van der Waals surface area contributed by atoms with E-state index in [1.54, 1.807) is 18.2 Å². The zero-order chi connectivity index (χ0) is 27.6. The number of halogens is 4. The minimum absolute atomic E-state index is 0.0339. The molecule has 1 N–H and O–H groups in total. The van der Waals surface area contributed by atoms with Crippen LogP contribution >= 0.6 is 35.6 Å². The number of thiocarbonyl (C=S) groups is 1. The third-order valence-electron chi connectivity index (χ3n) is 5.49. The highest BCUT2D eigenvalue weighted by Crippen LogP contribution is 2.39. The Morgan fingerprint density at radius 2 is 1.89 bits per heavy atom. The minimum atomic E-state index is -4.55. The first kappa shape index (κ1) is 27.7. The molecular weight excluding hydrogens is 557 g/mol. The molecule has 1 saturated heterocycles. The molecule has 196 valence electrons. The Hall–Kier alpha value is -3.34. The number of alkyl halides is 3. The van der Waals surface area contributed by atoms with Crippen LogP contribution in [0, 0.1) is 13.8 Å². The van der Waals surface area contributed by atoms with E-state index < -0.39 is 17.6 Å². The van der Waals surface area contributed by atoms with Crippen molar-refractivity contribution in [2.24, 2.45) is 0 Å². The number of thioether (sulfide) groups is 1. The van der Waals surface area contributed by atoms with E-state index in [1.807, 2.05) is 32.0 Å². The van der Waals surface area contributed by atoms with Crippen LogP contribution in [0.25, 0.3) is 6.08 Å². The van der Waals surface area contributed by atoms with Gasteiger partial charge in [-0.1, -0.05) is 65.4 Å². The number of nitrogens with one attached hydrogen (secondary N) is 1. The molecule has 3 aromatic carbocycles. The predicted molar refractivity (Wildman–Crippen MR) is 149 cm³/mol. The molecular formula is C27H20ClF3N2O3S2. The van der Waals surface area contributed by atoms with Crippen LogP contribution in [0.3, 0.4) is 0 Å². The van der Waals surface area contributed by atoms with Gasteiger partial charge in [-0.15, -0.1) is 0 Å². The lowest BCUT2D eigenvalue weighted by molar-refractivity contribution is -0.137. The van der Waals surface area contributed by atoms with Gasteiger partial charge in [0.2, 0.25) is 0 Å². The van der Waals surface area contributed by atoms with Gasteiger partial charge in [-0.2, -0.15) is 13.2 Å². The first-order valence-electron chi connectivity index (χ1n) is 11.2. The second-order valence-electron chi connectivity index (χ2n) is 8.41. The molecule has 2 amide bonds. The number of carbonyl (C=O) groups excluding carboxylic acids is 2. The fraction of sp³-hybridized carbons (Fsp3) is 0.148. The zero-order valence-electron chi connectivity index (χ0n) is 20.1. The molecule has 0 aliphatic carbocycles. The summed E-state index contributed by atoms with van der Waals surface area (Å²) in [6, 6.07) is 14.8. The SMILES string of the molecule is Cc1ccc(NC(=O)COc2ccc(/C=C3\SC(=S)N(c4cccc(C(F)(F)F)c4)C3=O)cc2Cl)c(C)c1. The summed E-state index contributed by atoms with van der Waals surface area (Å²) in [5.41, 5.74) is 2.41. The summed E-state index contributed by atoms with van der Waals surface area (Å²) >= 11 is 12.6. The standard InChI is InChI=1S/C27H20ClF3N2O3S2/c1-15-6-8-21(16(2)10-15)32-24(34)14-36-22-9-7-17(11-20(22)28)12-23-25(35)33(26(37)38-23)19-5-3-4-18(13-19)27(29,30)31/h3-13H,14H2,1-2H3,(H,32,34)/b23-12-. The average molecular weight is 577 g/mol. The summed E-state index contributed by atoms with van der Waals surface area (Å²) in [5, 5.41) is 3.00. The van der Waals surface area contributed by atoms with Crippen molar-refractivity contribution < 1.29 is 27.5 Å². The Kier molecular flexibility index (Phi) is 8.15. The van der Waals surface area contributed by atoms with Gasteiger partial charge in [0, 0.05) is 5.69 Å². The molecule has 0 atom stereocenters. The summed E-state index contributed by atoms with van der Waals surface area (Å²) in [4.78, 5) is 26.6. The quantitative estimate of drug-likeness (QED) is 0.245. The number of aryl methyl sites for hydroxylation is 2. The van der Waals surface area contributed by atoms with Gasteiger partial charge < -0.3 is 10.1 Å². The van der Waals surface area contributed by atoms with Crippen molar-refractivity contribution in [1.29, 1.82) is 0 Å². The molecule has 3 aromatic rings. The van der Waals surface area contributed by atoms with E-state index in [2.05, 4.69) is 5.32 Å². The van der Waals surface area contributed by atoms with Crippen LogP contribution in [-0.2, 0) is 15.8 Å². The van der Waals surface area contributed by atoms with Gasteiger partial charge in [-0.05, 0) is 67.4 Å². The highest BCUT2D eigenvalue weighted by Gasteiger charge is 2.36. The fourth-order valence-electron chi connectivity index (χ4n) is 3.67. The molecule has 1 aliphatic heterocycles. The van der Waals surface area contributed by atoms with Crippen LogP contribution in [-0.4, -0.2) is 22.7 Å². The van der Waals surface area contributed by atoms with Gasteiger partial charge in [0.15, 0.2) is 10.9 Å². The van der Waals surface area contributed by atoms with E-state index in [0.29, 0.717) is 11.3 Å². The average Bonchev–Trinajstić information content (AvgIpc) is 3.12. The number of rotatable bonds is 6. The van der Waals surface area contributed by atoms with Crippen molar-refractivity contribution in [2.45, 2.75) is 20.0 Å². The van der Waals surface area contributed by atoms with E-state index in [4.69, 9.17) is 28.6 Å². The fourth-order valence-corrected chi connectivity index (χ4v) is 5.21. The van der Waals surface area contributed by atoms with Crippen LogP contribution in [0.5, 0.6) is 5.75 Å². The number of anilines is 2. The molecule has 4 rings (SSSR count). The topological polar surface area (TPSA) is 58.6 Å². The molecule has 0 saturated carbocycles. The van der Waals surface area contributed by atoms with Crippen molar-refractivity contribution in [2.75, 3.05) is 16.8 Å². The number of carbonyl (C=O) groups is 2. The monoisotopic (exact) mass is 576 g/mol. The van der Waals surface area contributed by atoms with Crippen LogP contribution in [0.2, 0.25) is 5.02 Å². The van der Waals surface area contributed by atoms with Crippen molar-refractivity contribution in [1.82, 2.24) is 0 Å². The van der Waals surface area contributed by atoms with Gasteiger partial charge >= 0.3 is 6.18 Å². The zero-order valence-corrected chi connectivity index (χ0v) is 22.4. The van der Waals surface area contributed by atoms with Crippen molar-refractivity contribution in [3.63, 3.8) is 0 Å². The Labute approximate surface area is 231 Å². The lowest BCUT2D eigenvalue weighted by Crippen LogP contribution is -2.27. The number of benzene rings is 3. The second kappa shape index (κ2) is 11.2. The van der Waals surface area contributed by atoms with Gasteiger partial charge in [0.1, 0.15) is 5.75 Å². The molecule has 1 fully saturated rings. The molecule has 5 nitrogen and oxygen atoms in total. The molecule has 1 heterocycles. The summed E-state index contributed by atoms with van der Waals surface area (Å²) < 4.78 is 45.0. The summed E-state index contributed by atoms with van der Waals surface area (Å²) in [6.45, 7) is 3.60. The largest absolute Gasteiger partial charge is 0.482 e. The maximum atomic E-state index is 13.1. The number of nitrogens with zero attached hydrogens (tertiary/aromatic N) is 1. The van der Waals surface area contributed by atoms with Crippen LogP contribution in [0.1, 0.15) is 22.3 Å². The smallest absolute Gasteiger partial charge is 0.416 e. The van der Waals surface area contributed by atoms with E-state index in [-0.39, 0.29) is 38.2 Å². The third-order valence-corrected chi connectivity index (χ3v) is 7.09. The number of hydrogen-bond donors (Lipinski definition) is 1. The van der Waals surface area contributed by atoms with Gasteiger partial charge in [-0.3, -0.25) is 14.5 Å². The molecule has 0 aromatic heterocycles. The molecule has 0 bridgehead atoms. The lowest BCUT2D eigenvalue weighted by Gasteiger charge is -2.16. The van der Waals surface area contributed by atoms with Crippen molar-refractivity contribution in [3.05, 3.63) is 92.8 Å². The van der Waals surface area contributed by atoms with E-state index in [0.717, 1.165) is 39.9 Å². The number of amides is 2.